The first kappa shape index (κ1) is 24.6. The van der Waals surface area contributed by atoms with Gasteiger partial charge >= 0.3 is 0 Å². The average molecular weight is 540 g/mol. The third-order valence-electron chi connectivity index (χ3n) is 7.04. The van der Waals surface area contributed by atoms with Crippen molar-refractivity contribution in [3.63, 3.8) is 0 Å². The lowest BCUT2D eigenvalue weighted by Gasteiger charge is -2.24. The van der Waals surface area contributed by atoms with E-state index in [9.17, 15) is 9.59 Å². The normalized spacial score (nSPS) is 15.5. The third kappa shape index (κ3) is 4.55. The van der Waals surface area contributed by atoms with Gasteiger partial charge in [0, 0.05) is 51.2 Å². The fraction of sp³-hybridized carbons (Fsp3) is 0.161. The van der Waals surface area contributed by atoms with E-state index in [-0.39, 0.29) is 17.2 Å². The highest BCUT2D eigenvalue weighted by Gasteiger charge is 2.32. The second kappa shape index (κ2) is 10.2. The molecule has 4 aromatic carbocycles. The summed E-state index contributed by atoms with van der Waals surface area (Å²) in [5, 5.41) is 5.94. The van der Waals surface area contributed by atoms with Crippen molar-refractivity contribution in [2.45, 2.75) is 25.4 Å². The zero-order chi connectivity index (χ0) is 26.2. The lowest BCUT2D eigenvalue weighted by molar-refractivity contribution is -0.128. The lowest BCUT2D eigenvalue weighted by Crippen LogP contribution is -2.27. The fourth-order valence-electron chi connectivity index (χ4n) is 5.16. The topological polar surface area (TPSA) is 54.3 Å². The molecule has 1 saturated heterocycles. The Labute approximate surface area is 230 Å². The summed E-state index contributed by atoms with van der Waals surface area (Å²) >= 11 is 7.61. The van der Waals surface area contributed by atoms with Crippen LogP contribution in [0.1, 0.15) is 33.8 Å². The second-order valence-corrected chi connectivity index (χ2v) is 10.9. The predicted molar refractivity (Wildman–Crippen MR) is 157 cm³/mol. The molecule has 1 aliphatic heterocycles. The molecule has 38 heavy (non-hydrogen) atoms. The van der Waals surface area contributed by atoms with Gasteiger partial charge in [0.25, 0.3) is 5.91 Å². The molecule has 0 aliphatic carbocycles. The molecule has 0 bridgehead atoms. The number of thioether (sulfide) groups is 1. The molecule has 1 N–H and O–H groups in total. The van der Waals surface area contributed by atoms with Crippen molar-refractivity contribution in [3.8, 4) is 0 Å². The molecule has 190 valence electrons. The Balaban J connectivity index is 1.20. The van der Waals surface area contributed by atoms with Crippen LogP contribution in [-0.2, 0) is 17.9 Å². The molecule has 1 atom stereocenters. The maximum Gasteiger partial charge on any atom is 0.255 e. The lowest BCUT2D eigenvalue weighted by atomic mass is 10.1. The van der Waals surface area contributed by atoms with Crippen molar-refractivity contribution in [2.24, 2.45) is 0 Å². The van der Waals surface area contributed by atoms with Crippen LogP contribution in [0.2, 0.25) is 5.02 Å². The Morgan fingerprint density at radius 1 is 0.947 bits per heavy atom. The molecule has 1 aliphatic rings. The monoisotopic (exact) mass is 539 g/mol. The molecule has 1 aromatic heterocycles. The number of aryl methyl sites for hydroxylation is 1. The van der Waals surface area contributed by atoms with Crippen LogP contribution in [0.3, 0.4) is 0 Å². The minimum Gasteiger partial charge on any atom is -0.341 e. The Hall–Kier alpha value is -3.74. The van der Waals surface area contributed by atoms with E-state index < -0.39 is 0 Å². The van der Waals surface area contributed by atoms with E-state index in [1.807, 2.05) is 71.6 Å². The van der Waals surface area contributed by atoms with Gasteiger partial charge in [0.1, 0.15) is 5.37 Å². The first-order valence-corrected chi connectivity index (χ1v) is 14.0. The molecule has 6 rings (SSSR count). The van der Waals surface area contributed by atoms with Crippen molar-refractivity contribution < 1.29 is 9.59 Å². The van der Waals surface area contributed by atoms with Crippen molar-refractivity contribution >= 4 is 62.7 Å². The maximum absolute atomic E-state index is 13.1. The minimum absolute atomic E-state index is 0.0893. The van der Waals surface area contributed by atoms with Crippen LogP contribution < -0.4 is 5.32 Å². The molecule has 0 spiro atoms. The predicted octanol–water partition coefficient (Wildman–Crippen LogP) is 7.49. The van der Waals surface area contributed by atoms with Crippen LogP contribution in [0, 0.1) is 0 Å². The fourth-order valence-corrected chi connectivity index (χ4v) is 6.48. The number of benzene rings is 4. The number of nitrogens with one attached hydrogen (secondary N) is 1. The van der Waals surface area contributed by atoms with Crippen LogP contribution >= 0.6 is 23.4 Å². The Morgan fingerprint density at radius 3 is 2.45 bits per heavy atom. The van der Waals surface area contributed by atoms with Crippen LogP contribution in [0.25, 0.3) is 21.8 Å². The van der Waals surface area contributed by atoms with Gasteiger partial charge in [0.15, 0.2) is 0 Å². The summed E-state index contributed by atoms with van der Waals surface area (Å²) in [6, 6.07) is 29.5. The number of nitrogens with zero attached hydrogens (tertiary/aromatic N) is 2. The number of carbonyl (C=O) groups excluding carboxylic acids is 2. The van der Waals surface area contributed by atoms with Gasteiger partial charge in [0.05, 0.1) is 5.75 Å². The quantitative estimate of drug-likeness (QED) is 0.243. The van der Waals surface area contributed by atoms with Gasteiger partial charge in [-0.3, -0.25) is 9.59 Å². The highest BCUT2D eigenvalue weighted by molar-refractivity contribution is 8.00. The maximum atomic E-state index is 13.1. The number of amides is 2. The van der Waals surface area contributed by atoms with Crippen LogP contribution in [-0.4, -0.2) is 27.0 Å². The van der Waals surface area contributed by atoms with Crippen molar-refractivity contribution in [1.82, 2.24) is 9.47 Å². The van der Waals surface area contributed by atoms with Crippen molar-refractivity contribution in [2.75, 3.05) is 11.1 Å². The summed E-state index contributed by atoms with van der Waals surface area (Å²) < 4.78 is 2.29. The first-order chi connectivity index (χ1) is 18.5. The summed E-state index contributed by atoms with van der Waals surface area (Å²) in [5.74, 6) is 0.386. The largest absolute Gasteiger partial charge is 0.341 e. The van der Waals surface area contributed by atoms with E-state index in [2.05, 4.69) is 41.1 Å². The molecule has 0 unspecified atom stereocenters. The van der Waals surface area contributed by atoms with Gasteiger partial charge in [-0.1, -0.05) is 54.1 Å². The number of fused-ring (bicyclic) bond motifs is 3. The SMILES string of the molecule is CCn1c2ccccc2c2cc(NC(=O)c3ccc([C@H]4SCC(=O)N4Cc4ccc(Cl)cc4)cc3)ccc21. The standard InChI is InChI=1S/C31H26ClN3O2S/c1-2-34-27-6-4-3-5-25(27)26-17-24(15-16-28(26)34)33-30(37)21-9-11-22(12-10-21)31-35(29(36)19-38-31)18-20-7-13-23(32)14-8-20/h3-17,31H,2,18-19H2,1H3,(H,33,37)/t31-/m1/s1. The van der Waals surface area contributed by atoms with Gasteiger partial charge in [-0.05, 0) is 66.6 Å². The Kier molecular flexibility index (Phi) is 6.60. The zero-order valence-electron chi connectivity index (χ0n) is 20.9. The summed E-state index contributed by atoms with van der Waals surface area (Å²) in [5.41, 5.74) is 5.71. The minimum atomic E-state index is -0.164. The Bertz CT molecular complexity index is 1660. The highest BCUT2D eigenvalue weighted by atomic mass is 35.5. The molecule has 5 nitrogen and oxygen atoms in total. The zero-order valence-corrected chi connectivity index (χ0v) is 22.4. The van der Waals surface area contributed by atoms with E-state index in [1.165, 1.54) is 10.9 Å². The van der Waals surface area contributed by atoms with Gasteiger partial charge in [-0.2, -0.15) is 0 Å². The summed E-state index contributed by atoms with van der Waals surface area (Å²) in [6.07, 6.45) is 0. The molecule has 5 aromatic rings. The second-order valence-electron chi connectivity index (χ2n) is 9.38. The number of aromatic nitrogens is 1. The molecule has 0 radical (unpaired) electrons. The molecule has 7 heteroatoms. The average Bonchev–Trinajstić information content (AvgIpc) is 3.46. The van der Waals surface area contributed by atoms with Gasteiger partial charge < -0.3 is 14.8 Å². The summed E-state index contributed by atoms with van der Waals surface area (Å²) in [7, 11) is 0. The molecule has 2 heterocycles. The van der Waals surface area contributed by atoms with Gasteiger partial charge in [0.2, 0.25) is 5.91 Å². The van der Waals surface area contributed by atoms with Crippen molar-refractivity contribution in [3.05, 3.63) is 113 Å². The number of carbonyl (C=O) groups is 2. The highest BCUT2D eigenvalue weighted by Crippen LogP contribution is 2.39. The summed E-state index contributed by atoms with van der Waals surface area (Å²) in [6.45, 7) is 3.54. The Morgan fingerprint density at radius 2 is 1.68 bits per heavy atom. The molecular formula is C31H26ClN3O2S. The van der Waals surface area contributed by atoms with E-state index >= 15 is 0 Å². The number of para-hydroxylation sites is 1. The molecular weight excluding hydrogens is 514 g/mol. The number of halogens is 1. The van der Waals surface area contributed by atoms with E-state index in [1.54, 1.807) is 11.8 Å². The van der Waals surface area contributed by atoms with Crippen LogP contribution in [0.15, 0.2) is 91.0 Å². The van der Waals surface area contributed by atoms with E-state index in [4.69, 9.17) is 11.6 Å². The van der Waals surface area contributed by atoms with E-state index in [0.717, 1.165) is 34.3 Å². The third-order valence-corrected chi connectivity index (χ3v) is 8.55. The van der Waals surface area contributed by atoms with Gasteiger partial charge in [-0.25, -0.2) is 0 Å². The first-order valence-electron chi connectivity index (χ1n) is 12.6. The number of rotatable bonds is 6. The molecule has 2 amide bonds. The molecule has 0 saturated carbocycles. The van der Waals surface area contributed by atoms with Crippen molar-refractivity contribution in [1.29, 1.82) is 0 Å². The number of hydrogen-bond acceptors (Lipinski definition) is 3. The van der Waals surface area contributed by atoms with E-state index in [0.29, 0.717) is 22.9 Å². The van der Waals surface area contributed by atoms with Crippen LogP contribution in [0.5, 0.6) is 0 Å². The van der Waals surface area contributed by atoms with Gasteiger partial charge in [-0.15, -0.1) is 11.8 Å². The number of hydrogen-bond donors (Lipinski definition) is 1. The smallest absolute Gasteiger partial charge is 0.255 e. The summed E-state index contributed by atoms with van der Waals surface area (Å²) in [4.78, 5) is 27.6. The molecule has 1 fully saturated rings. The van der Waals surface area contributed by atoms with Crippen LogP contribution in [0.4, 0.5) is 5.69 Å². The number of anilines is 1.